The zero-order valence-corrected chi connectivity index (χ0v) is 12.7. The van der Waals surface area contributed by atoms with Gasteiger partial charge >= 0.3 is 0 Å². The van der Waals surface area contributed by atoms with Crippen molar-refractivity contribution in [1.82, 2.24) is 4.90 Å². The van der Waals surface area contributed by atoms with Crippen LogP contribution >= 0.6 is 11.8 Å². The first-order chi connectivity index (χ1) is 9.06. The number of thioether (sulfide) groups is 1. The highest BCUT2D eigenvalue weighted by Crippen LogP contribution is 2.41. The molecule has 2 atom stereocenters. The van der Waals surface area contributed by atoms with Crippen LogP contribution in [0.4, 0.5) is 0 Å². The average molecular weight is 281 g/mol. The van der Waals surface area contributed by atoms with Crippen LogP contribution in [0.1, 0.15) is 12.0 Å². The second kappa shape index (κ2) is 6.16. The van der Waals surface area contributed by atoms with E-state index in [2.05, 4.69) is 19.0 Å². The smallest absolute Gasteiger partial charge is 0.118 e. The summed E-state index contributed by atoms with van der Waals surface area (Å²) in [6.07, 6.45) is 0.822. The molecule has 2 unspecified atom stereocenters. The van der Waals surface area contributed by atoms with Gasteiger partial charge in [0.25, 0.3) is 0 Å². The summed E-state index contributed by atoms with van der Waals surface area (Å²) in [6.45, 7) is 0.912. The van der Waals surface area contributed by atoms with E-state index in [1.165, 1.54) is 0 Å². The van der Waals surface area contributed by atoms with E-state index in [0.29, 0.717) is 0 Å². The Labute approximate surface area is 120 Å². The topological polar surface area (TPSA) is 32.7 Å². The number of hydrogen-bond donors (Lipinski definition) is 1. The summed E-state index contributed by atoms with van der Waals surface area (Å²) in [7, 11) is 5.79. The van der Waals surface area contributed by atoms with Crippen molar-refractivity contribution in [2.75, 3.05) is 39.3 Å². The van der Waals surface area contributed by atoms with E-state index in [1.807, 2.05) is 36.0 Å². The van der Waals surface area contributed by atoms with Gasteiger partial charge in [0.2, 0.25) is 0 Å². The molecule has 0 radical (unpaired) electrons. The van der Waals surface area contributed by atoms with E-state index in [0.717, 1.165) is 35.8 Å². The van der Waals surface area contributed by atoms with Crippen LogP contribution in [0.3, 0.4) is 0 Å². The molecular formula is C15H23NO2S. The van der Waals surface area contributed by atoms with E-state index in [1.54, 1.807) is 7.11 Å². The van der Waals surface area contributed by atoms with Crippen molar-refractivity contribution < 1.29 is 9.84 Å². The first kappa shape index (κ1) is 14.7. The Kier molecular flexibility index (Phi) is 4.76. The third kappa shape index (κ3) is 3.25. The van der Waals surface area contributed by atoms with Crippen molar-refractivity contribution in [3.63, 3.8) is 0 Å². The van der Waals surface area contributed by atoms with Crippen molar-refractivity contribution in [3.8, 4) is 5.75 Å². The van der Waals surface area contributed by atoms with Crippen LogP contribution < -0.4 is 4.74 Å². The predicted molar refractivity (Wildman–Crippen MR) is 80.9 cm³/mol. The van der Waals surface area contributed by atoms with E-state index < -0.39 is 5.60 Å². The number of rotatable bonds is 4. The molecule has 19 heavy (non-hydrogen) atoms. The van der Waals surface area contributed by atoms with Crippen molar-refractivity contribution in [2.24, 2.45) is 5.92 Å². The van der Waals surface area contributed by atoms with Gasteiger partial charge < -0.3 is 14.7 Å². The Hall–Kier alpha value is -0.710. The van der Waals surface area contributed by atoms with Gasteiger partial charge in [-0.05, 0) is 44.0 Å². The van der Waals surface area contributed by atoms with Crippen LogP contribution in [0, 0.1) is 5.92 Å². The van der Waals surface area contributed by atoms with Gasteiger partial charge in [-0.15, -0.1) is 0 Å². The van der Waals surface area contributed by atoms with Crippen LogP contribution in [0.15, 0.2) is 24.3 Å². The largest absolute Gasteiger partial charge is 0.497 e. The van der Waals surface area contributed by atoms with Crippen molar-refractivity contribution >= 4 is 11.8 Å². The molecular weight excluding hydrogens is 258 g/mol. The van der Waals surface area contributed by atoms with Crippen LogP contribution in [0.5, 0.6) is 5.75 Å². The second-order valence-corrected chi connectivity index (χ2v) is 6.59. The average Bonchev–Trinajstić information content (AvgIpc) is 2.41. The molecule has 0 bridgehead atoms. The number of aliphatic hydroxyl groups is 1. The molecule has 2 rings (SSSR count). The molecule has 1 heterocycles. The van der Waals surface area contributed by atoms with E-state index >= 15 is 0 Å². The maximum atomic E-state index is 11.1. The molecule has 1 aliphatic rings. The molecule has 4 heteroatoms. The lowest BCUT2D eigenvalue weighted by Gasteiger charge is -2.41. The van der Waals surface area contributed by atoms with Crippen LogP contribution in [0.2, 0.25) is 0 Å². The van der Waals surface area contributed by atoms with Gasteiger partial charge in [-0.25, -0.2) is 0 Å². The summed E-state index contributed by atoms with van der Waals surface area (Å²) in [5.41, 5.74) is 0.308. The lowest BCUT2D eigenvalue weighted by Crippen LogP contribution is -2.45. The SMILES string of the molecule is COc1ccc(C2(O)CCSCC2CN(C)C)cc1. The van der Waals surface area contributed by atoms with Crippen molar-refractivity contribution in [1.29, 1.82) is 0 Å². The summed E-state index contributed by atoms with van der Waals surface area (Å²) in [4.78, 5) is 2.16. The van der Waals surface area contributed by atoms with E-state index in [9.17, 15) is 5.11 Å². The molecule has 0 spiro atoms. The minimum Gasteiger partial charge on any atom is -0.497 e. The summed E-state index contributed by atoms with van der Waals surface area (Å²) in [6, 6.07) is 7.86. The van der Waals surface area contributed by atoms with Crippen molar-refractivity contribution in [3.05, 3.63) is 29.8 Å². The maximum Gasteiger partial charge on any atom is 0.118 e. The molecule has 0 aliphatic carbocycles. The maximum absolute atomic E-state index is 11.1. The van der Waals surface area contributed by atoms with Gasteiger partial charge in [-0.2, -0.15) is 11.8 Å². The summed E-state index contributed by atoms with van der Waals surface area (Å²) >= 11 is 1.94. The molecule has 1 N–H and O–H groups in total. The Morgan fingerprint density at radius 2 is 2.05 bits per heavy atom. The fraction of sp³-hybridized carbons (Fsp3) is 0.600. The minimum atomic E-state index is -0.707. The third-order valence-corrected chi connectivity index (χ3v) is 4.93. The number of hydrogen-bond acceptors (Lipinski definition) is 4. The molecule has 0 amide bonds. The molecule has 0 saturated carbocycles. The summed E-state index contributed by atoms with van der Waals surface area (Å²) in [5, 5.41) is 11.1. The molecule has 1 aliphatic heterocycles. The fourth-order valence-corrected chi connectivity index (χ4v) is 3.99. The molecule has 1 saturated heterocycles. The highest BCUT2D eigenvalue weighted by atomic mass is 32.2. The highest BCUT2D eigenvalue weighted by Gasteiger charge is 2.40. The Morgan fingerprint density at radius 1 is 1.37 bits per heavy atom. The van der Waals surface area contributed by atoms with Gasteiger partial charge in [-0.1, -0.05) is 12.1 Å². The highest BCUT2D eigenvalue weighted by molar-refractivity contribution is 7.99. The summed E-state index contributed by atoms with van der Waals surface area (Å²) < 4.78 is 5.19. The Balaban J connectivity index is 2.25. The van der Waals surface area contributed by atoms with Gasteiger partial charge in [0, 0.05) is 18.2 Å². The molecule has 1 aromatic rings. The van der Waals surface area contributed by atoms with E-state index in [-0.39, 0.29) is 5.92 Å². The number of benzene rings is 1. The van der Waals surface area contributed by atoms with Gasteiger partial charge in [0.15, 0.2) is 0 Å². The first-order valence-electron chi connectivity index (χ1n) is 6.65. The number of nitrogens with zero attached hydrogens (tertiary/aromatic N) is 1. The molecule has 1 fully saturated rings. The quantitative estimate of drug-likeness (QED) is 0.917. The fourth-order valence-electron chi connectivity index (χ4n) is 2.70. The molecule has 106 valence electrons. The zero-order chi connectivity index (χ0) is 13.9. The van der Waals surface area contributed by atoms with Crippen LogP contribution in [0.25, 0.3) is 0 Å². The summed E-state index contributed by atoms with van der Waals surface area (Å²) in [5.74, 6) is 3.14. The third-order valence-electron chi connectivity index (χ3n) is 3.80. The molecule has 1 aromatic carbocycles. The first-order valence-corrected chi connectivity index (χ1v) is 7.81. The van der Waals surface area contributed by atoms with Gasteiger partial charge in [0.1, 0.15) is 5.75 Å². The number of ether oxygens (including phenoxy) is 1. The Morgan fingerprint density at radius 3 is 2.63 bits per heavy atom. The lowest BCUT2D eigenvalue weighted by molar-refractivity contribution is -0.0293. The molecule has 0 aromatic heterocycles. The van der Waals surface area contributed by atoms with Crippen molar-refractivity contribution in [2.45, 2.75) is 12.0 Å². The zero-order valence-electron chi connectivity index (χ0n) is 11.9. The van der Waals surface area contributed by atoms with Crippen LogP contribution in [-0.2, 0) is 5.60 Å². The standard InChI is InChI=1S/C15H23NO2S/c1-16(2)10-13-11-19-9-8-15(13,17)12-4-6-14(18-3)7-5-12/h4-7,13,17H,8-11H2,1-3H3. The minimum absolute atomic E-state index is 0.273. The normalized spacial score (nSPS) is 27.5. The second-order valence-electron chi connectivity index (χ2n) is 5.44. The van der Waals surface area contributed by atoms with Crippen LogP contribution in [-0.4, -0.2) is 49.3 Å². The molecule has 3 nitrogen and oxygen atoms in total. The lowest BCUT2D eigenvalue weighted by atomic mass is 9.79. The monoisotopic (exact) mass is 281 g/mol. The van der Waals surface area contributed by atoms with Gasteiger partial charge in [0.05, 0.1) is 12.7 Å². The van der Waals surface area contributed by atoms with Gasteiger partial charge in [-0.3, -0.25) is 0 Å². The Bertz CT molecular complexity index is 407. The number of methoxy groups -OCH3 is 1. The predicted octanol–water partition coefficient (Wildman–Crippen LogP) is 2.20. The van der Waals surface area contributed by atoms with E-state index in [4.69, 9.17) is 4.74 Å².